The van der Waals surface area contributed by atoms with E-state index in [-0.39, 0.29) is 11.7 Å². The first-order valence-electron chi connectivity index (χ1n) is 9.45. The molecule has 0 bridgehead atoms. The fraction of sp³-hybridized carbons (Fsp3) is 0.400. The number of amides is 1. The molecule has 10 heteroatoms. The molecule has 0 unspecified atom stereocenters. The molecule has 1 aromatic heterocycles. The molecule has 0 aliphatic carbocycles. The predicted molar refractivity (Wildman–Crippen MR) is 130 cm³/mol. The summed E-state index contributed by atoms with van der Waals surface area (Å²) in [5.41, 5.74) is 5.38. The van der Waals surface area contributed by atoms with Gasteiger partial charge in [0.1, 0.15) is 5.03 Å². The summed E-state index contributed by atoms with van der Waals surface area (Å²) in [4.78, 5) is 23.0. The number of nitrogens with one attached hydrogen (secondary N) is 1. The summed E-state index contributed by atoms with van der Waals surface area (Å²) in [5, 5.41) is 5.55. The molecule has 1 amide bonds. The van der Waals surface area contributed by atoms with Crippen LogP contribution in [0, 0.1) is 6.92 Å². The fourth-order valence-corrected chi connectivity index (χ4v) is 4.32. The number of carbonyl (C=O) groups is 1. The predicted octanol–water partition coefficient (Wildman–Crippen LogP) is 4.42. The third kappa shape index (κ3) is 8.71. The van der Waals surface area contributed by atoms with Gasteiger partial charge in [0.2, 0.25) is 5.91 Å². The summed E-state index contributed by atoms with van der Waals surface area (Å²) in [6.07, 6.45) is 1.62. The van der Waals surface area contributed by atoms with Crippen LogP contribution in [0.4, 0.5) is 5.69 Å². The highest BCUT2D eigenvalue weighted by Gasteiger charge is 2.07. The first-order chi connectivity index (χ1) is 14.5. The standard InChI is InChI=1S/C20H25Cl2N5OS2/c1-3-29-20-24-15(2)12-19(25-20)30-14-18(28)26-23-13-16-4-6-17(7-5-16)27(10-8-21)11-9-22/h4-7,12-13H,3,8-11,14H2,1-2H3,(H,26,28). The number of benzene rings is 1. The van der Waals surface area contributed by atoms with Crippen LogP contribution in [0.1, 0.15) is 18.2 Å². The van der Waals surface area contributed by atoms with Gasteiger partial charge in [-0.2, -0.15) is 5.10 Å². The van der Waals surface area contributed by atoms with E-state index >= 15 is 0 Å². The molecule has 0 aliphatic heterocycles. The van der Waals surface area contributed by atoms with E-state index in [0.717, 1.165) is 46.0 Å². The number of hydrogen-bond donors (Lipinski definition) is 1. The molecule has 2 rings (SSSR count). The van der Waals surface area contributed by atoms with Crippen molar-refractivity contribution in [3.8, 4) is 0 Å². The van der Waals surface area contributed by atoms with Crippen LogP contribution in [-0.2, 0) is 4.79 Å². The van der Waals surface area contributed by atoms with Crippen molar-refractivity contribution in [2.45, 2.75) is 24.0 Å². The van der Waals surface area contributed by atoms with Crippen molar-refractivity contribution in [3.05, 3.63) is 41.6 Å². The summed E-state index contributed by atoms with van der Waals surface area (Å²) in [5.74, 6) is 2.02. The van der Waals surface area contributed by atoms with E-state index in [0.29, 0.717) is 11.8 Å². The van der Waals surface area contributed by atoms with Gasteiger partial charge in [-0.15, -0.1) is 23.2 Å². The Balaban J connectivity index is 1.84. The lowest BCUT2D eigenvalue weighted by molar-refractivity contribution is -0.118. The van der Waals surface area contributed by atoms with Gasteiger partial charge in [-0.1, -0.05) is 42.6 Å². The average molecular weight is 486 g/mol. The zero-order valence-corrected chi connectivity index (χ0v) is 20.1. The van der Waals surface area contributed by atoms with Crippen LogP contribution < -0.4 is 10.3 Å². The topological polar surface area (TPSA) is 70.5 Å². The smallest absolute Gasteiger partial charge is 0.250 e. The molecule has 1 heterocycles. The molecule has 30 heavy (non-hydrogen) atoms. The number of aromatic nitrogens is 2. The fourth-order valence-electron chi connectivity index (χ4n) is 2.48. The van der Waals surface area contributed by atoms with Crippen LogP contribution in [0.25, 0.3) is 0 Å². The molecule has 0 radical (unpaired) electrons. The lowest BCUT2D eigenvalue weighted by Crippen LogP contribution is -2.27. The molecule has 0 spiro atoms. The third-order valence-electron chi connectivity index (χ3n) is 3.80. The lowest BCUT2D eigenvalue weighted by atomic mass is 10.2. The van der Waals surface area contributed by atoms with Crippen molar-refractivity contribution < 1.29 is 4.79 Å². The Morgan fingerprint density at radius 3 is 2.50 bits per heavy atom. The second-order valence-corrected chi connectivity index (χ2v) is 9.08. The number of hydrogen-bond acceptors (Lipinski definition) is 7. The highest BCUT2D eigenvalue weighted by molar-refractivity contribution is 8.00. The molecule has 1 N–H and O–H groups in total. The minimum absolute atomic E-state index is 0.191. The van der Waals surface area contributed by atoms with Crippen molar-refractivity contribution in [2.75, 3.05) is 41.3 Å². The Labute approximate surface area is 196 Å². The van der Waals surface area contributed by atoms with E-state index in [1.807, 2.05) is 37.3 Å². The molecular formula is C20H25Cl2N5OS2. The van der Waals surface area contributed by atoms with Crippen LogP contribution in [0.2, 0.25) is 0 Å². The van der Waals surface area contributed by atoms with Crippen molar-refractivity contribution >= 4 is 64.5 Å². The summed E-state index contributed by atoms with van der Waals surface area (Å²) in [6.45, 7) is 5.45. The van der Waals surface area contributed by atoms with E-state index in [4.69, 9.17) is 23.2 Å². The molecule has 162 valence electrons. The Morgan fingerprint density at radius 2 is 1.87 bits per heavy atom. The molecule has 1 aromatic carbocycles. The number of aryl methyl sites for hydroxylation is 1. The maximum absolute atomic E-state index is 12.1. The Bertz CT molecular complexity index is 830. The van der Waals surface area contributed by atoms with E-state index in [2.05, 4.69) is 32.3 Å². The van der Waals surface area contributed by atoms with Crippen molar-refractivity contribution in [1.29, 1.82) is 0 Å². The van der Waals surface area contributed by atoms with Crippen molar-refractivity contribution in [2.24, 2.45) is 5.10 Å². The maximum atomic E-state index is 12.1. The average Bonchev–Trinajstić information content (AvgIpc) is 2.72. The first kappa shape index (κ1) is 24.8. The van der Waals surface area contributed by atoms with Crippen LogP contribution in [0.15, 0.2) is 45.6 Å². The highest BCUT2D eigenvalue weighted by atomic mass is 35.5. The quantitative estimate of drug-likeness (QED) is 0.120. The zero-order chi connectivity index (χ0) is 21.8. The van der Waals surface area contributed by atoms with Gasteiger partial charge < -0.3 is 4.90 Å². The number of nitrogens with zero attached hydrogens (tertiary/aromatic N) is 4. The van der Waals surface area contributed by atoms with Gasteiger partial charge in [0.15, 0.2) is 5.16 Å². The molecule has 0 aliphatic rings. The van der Waals surface area contributed by atoms with E-state index in [1.165, 1.54) is 11.8 Å². The summed E-state index contributed by atoms with van der Waals surface area (Å²) >= 11 is 14.6. The zero-order valence-electron chi connectivity index (χ0n) is 17.0. The molecule has 0 saturated heterocycles. The number of anilines is 1. The molecule has 0 atom stereocenters. The number of rotatable bonds is 12. The van der Waals surface area contributed by atoms with Gasteiger partial charge in [-0.3, -0.25) is 4.79 Å². The van der Waals surface area contributed by atoms with Gasteiger partial charge in [-0.05, 0) is 36.4 Å². The van der Waals surface area contributed by atoms with E-state index < -0.39 is 0 Å². The van der Waals surface area contributed by atoms with Crippen LogP contribution in [-0.4, -0.2) is 58.4 Å². The SMILES string of the molecule is CCSc1nc(C)cc(SCC(=O)NN=Cc2ccc(N(CCCl)CCCl)cc2)n1. The van der Waals surface area contributed by atoms with E-state index in [9.17, 15) is 4.79 Å². The summed E-state index contributed by atoms with van der Waals surface area (Å²) in [6, 6.07) is 9.72. The molecule has 0 saturated carbocycles. The third-order valence-corrected chi connectivity index (χ3v) is 5.78. The van der Waals surface area contributed by atoms with Crippen molar-refractivity contribution in [3.63, 3.8) is 0 Å². The molecule has 2 aromatic rings. The van der Waals surface area contributed by atoms with Gasteiger partial charge in [0.25, 0.3) is 0 Å². The highest BCUT2D eigenvalue weighted by Crippen LogP contribution is 2.20. The van der Waals surface area contributed by atoms with Gasteiger partial charge in [0, 0.05) is 36.2 Å². The Morgan fingerprint density at radius 1 is 1.17 bits per heavy atom. The first-order valence-corrected chi connectivity index (χ1v) is 12.5. The van der Waals surface area contributed by atoms with Gasteiger partial charge >= 0.3 is 0 Å². The second-order valence-electron chi connectivity index (χ2n) is 6.10. The second kappa shape index (κ2) is 13.7. The Kier molecular flexibility index (Phi) is 11.4. The van der Waals surface area contributed by atoms with Gasteiger partial charge in [0.05, 0.1) is 12.0 Å². The normalized spacial score (nSPS) is 11.1. The van der Waals surface area contributed by atoms with E-state index in [1.54, 1.807) is 18.0 Å². The molecule has 0 fully saturated rings. The maximum Gasteiger partial charge on any atom is 0.250 e. The van der Waals surface area contributed by atoms with Crippen molar-refractivity contribution in [1.82, 2.24) is 15.4 Å². The minimum atomic E-state index is -0.191. The largest absolute Gasteiger partial charge is 0.369 e. The number of thioether (sulfide) groups is 2. The number of alkyl halides is 2. The van der Waals surface area contributed by atoms with Crippen LogP contribution in [0.3, 0.4) is 0 Å². The monoisotopic (exact) mass is 485 g/mol. The van der Waals surface area contributed by atoms with Crippen LogP contribution >= 0.6 is 46.7 Å². The minimum Gasteiger partial charge on any atom is -0.369 e. The lowest BCUT2D eigenvalue weighted by Gasteiger charge is -2.22. The number of carbonyl (C=O) groups excluding carboxylic acids is 1. The number of hydrazone groups is 1. The molecular weight excluding hydrogens is 461 g/mol. The Hall–Kier alpha value is -1.48. The van der Waals surface area contributed by atoms with Gasteiger partial charge in [-0.25, -0.2) is 15.4 Å². The van der Waals surface area contributed by atoms with Crippen LogP contribution in [0.5, 0.6) is 0 Å². The number of halogens is 2. The summed E-state index contributed by atoms with van der Waals surface area (Å²) in [7, 11) is 0. The summed E-state index contributed by atoms with van der Waals surface area (Å²) < 4.78 is 0. The molecule has 6 nitrogen and oxygen atoms in total.